The van der Waals surface area contributed by atoms with Crippen LogP contribution < -0.4 is 0 Å². The van der Waals surface area contributed by atoms with Crippen molar-refractivity contribution in [2.24, 2.45) is 0 Å². The lowest BCUT2D eigenvalue weighted by Gasteiger charge is -2.00. The van der Waals surface area contributed by atoms with E-state index in [2.05, 4.69) is 4.98 Å². The summed E-state index contributed by atoms with van der Waals surface area (Å²) in [5.41, 5.74) is 2.56. The highest BCUT2D eigenvalue weighted by molar-refractivity contribution is 7.72. The second-order valence-electron chi connectivity index (χ2n) is 3.30. The normalized spacial score (nSPS) is 10.8. The first-order valence-corrected chi connectivity index (χ1v) is 5.75. The van der Waals surface area contributed by atoms with E-state index in [9.17, 15) is 8.42 Å². The molecule has 0 spiro atoms. The van der Waals surface area contributed by atoms with Crippen LogP contribution >= 0.6 is 0 Å². The van der Waals surface area contributed by atoms with E-state index < -0.39 is 10.7 Å². The van der Waals surface area contributed by atoms with Crippen LogP contribution in [0.15, 0.2) is 41.4 Å². The van der Waals surface area contributed by atoms with Crippen molar-refractivity contribution in [3.63, 3.8) is 0 Å². The fourth-order valence-electron chi connectivity index (χ4n) is 1.63. The Hall–Kier alpha value is -1.55. The van der Waals surface area contributed by atoms with Crippen molar-refractivity contribution in [3.05, 3.63) is 42.2 Å². The first-order valence-electron chi connectivity index (χ1n) is 4.58. The van der Waals surface area contributed by atoms with Crippen LogP contribution in [0.4, 0.5) is 0 Å². The number of aryl methyl sites for hydroxylation is 1. The lowest BCUT2D eigenvalue weighted by Crippen LogP contribution is -1.84. The molecule has 0 aliphatic heterocycles. The summed E-state index contributed by atoms with van der Waals surface area (Å²) in [5, 5.41) is 0. The van der Waals surface area contributed by atoms with E-state index in [-0.39, 0.29) is 0 Å². The summed E-state index contributed by atoms with van der Waals surface area (Å²) in [4.78, 5) is 3.29. The Labute approximate surface area is 89.7 Å². The average molecular weight is 221 g/mol. The van der Waals surface area contributed by atoms with Gasteiger partial charge in [-0.15, -0.1) is 0 Å². The van der Waals surface area contributed by atoms with Gasteiger partial charge in [-0.25, -0.2) is 8.42 Å². The highest BCUT2D eigenvalue weighted by Crippen LogP contribution is 2.27. The van der Waals surface area contributed by atoms with Gasteiger partial charge in [0.05, 0.1) is 4.90 Å². The summed E-state index contributed by atoms with van der Waals surface area (Å²) in [6, 6.07) is 9.49. The smallest absolute Gasteiger partial charge is 0.170 e. The molecule has 15 heavy (non-hydrogen) atoms. The van der Waals surface area contributed by atoms with E-state index in [4.69, 9.17) is 0 Å². The van der Waals surface area contributed by atoms with E-state index in [1.54, 1.807) is 0 Å². The SMILES string of the molecule is Cc1[nH]cc([SH](=O)=O)c1-c1ccccc1. The zero-order valence-corrected chi connectivity index (χ0v) is 9.12. The van der Waals surface area contributed by atoms with Crippen molar-refractivity contribution < 1.29 is 8.42 Å². The molecule has 78 valence electrons. The van der Waals surface area contributed by atoms with Gasteiger partial charge in [0.15, 0.2) is 10.7 Å². The topological polar surface area (TPSA) is 49.9 Å². The van der Waals surface area contributed by atoms with Crippen LogP contribution in [0, 0.1) is 6.92 Å². The van der Waals surface area contributed by atoms with Crippen molar-refractivity contribution in [3.8, 4) is 11.1 Å². The van der Waals surface area contributed by atoms with E-state index in [0.29, 0.717) is 4.90 Å². The number of hydrogen-bond donors (Lipinski definition) is 2. The van der Waals surface area contributed by atoms with Gasteiger partial charge in [-0.05, 0) is 12.5 Å². The molecule has 1 aromatic carbocycles. The third kappa shape index (κ3) is 1.80. The van der Waals surface area contributed by atoms with Crippen LogP contribution in [0.3, 0.4) is 0 Å². The average Bonchev–Trinajstić information content (AvgIpc) is 2.61. The van der Waals surface area contributed by atoms with Crippen LogP contribution in [0.2, 0.25) is 0 Å². The van der Waals surface area contributed by atoms with Gasteiger partial charge in [-0.2, -0.15) is 0 Å². The largest absolute Gasteiger partial charge is 0.363 e. The second kappa shape index (κ2) is 3.90. The summed E-state index contributed by atoms with van der Waals surface area (Å²) >= 11 is 0. The standard InChI is InChI=1S/C11H11NO2S/c1-8-11(9-5-3-2-4-6-9)10(7-12-8)15(13)14/h2-7,12,15H,1H3. The molecule has 0 saturated carbocycles. The Morgan fingerprint density at radius 3 is 2.40 bits per heavy atom. The predicted octanol–water partition coefficient (Wildman–Crippen LogP) is 1.96. The number of rotatable bonds is 2. The number of aromatic nitrogens is 1. The minimum Gasteiger partial charge on any atom is -0.363 e. The summed E-state index contributed by atoms with van der Waals surface area (Å²) < 4.78 is 22.1. The molecule has 1 N–H and O–H groups in total. The van der Waals surface area contributed by atoms with Crippen molar-refractivity contribution >= 4 is 10.7 Å². The Balaban J connectivity index is 2.67. The minimum absolute atomic E-state index is 0.355. The maximum atomic E-state index is 11.0. The number of benzene rings is 1. The number of nitrogens with one attached hydrogen (secondary N) is 1. The van der Waals surface area contributed by atoms with Crippen LogP contribution in [-0.2, 0) is 10.7 Å². The summed E-state index contributed by atoms with van der Waals surface area (Å²) in [5.74, 6) is 0. The highest BCUT2D eigenvalue weighted by Gasteiger charge is 2.11. The predicted molar refractivity (Wildman–Crippen MR) is 59.5 cm³/mol. The minimum atomic E-state index is -2.55. The fourth-order valence-corrected chi connectivity index (χ4v) is 2.28. The zero-order valence-electron chi connectivity index (χ0n) is 8.23. The second-order valence-corrected chi connectivity index (χ2v) is 4.29. The van der Waals surface area contributed by atoms with Crippen LogP contribution in [0.25, 0.3) is 11.1 Å². The maximum absolute atomic E-state index is 11.0. The third-order valence-corrected chi connectivity index (χ3v) is 3.06. The van der Waals surface area contributed by atoms with E-state index in [1.807, 2.05) is 37.3 Å². The van der Waals surface area contributed by atoms with E-state index in [1.165, 1.54) is 6.20 Å². The number of hydrogen-bond acceptors (Lipinski definition) is 2. The first-order chi connectivity index (χ1) is 7.20. The van der Waals surface area contributed by atoms with Crippen molar-refractivity contribution in [2.45, 2.75) is 11.8 Å². The molecule has 3 nitrogen and oxygen atoms in total. The number of thiol groups is 1. The van der Waals surface area contributed by atoms with Crippen LogP contribution in [-0.4, -0.2) is 13.4 Å². The molecule has 0 fully saturated rings. The van der Waals surface area contributed by atoms with Gasteiger partial charge in [-0.1, -0.05) is 30.3 Å². The molecule has 0 aliphatic carbocycles. The Morgan fingerprint density at radius 2 is 1.80 bits per heavy atom. The first kappa shape index (κ1) is 9.98. The Morgan fingerprint density at radius 1 is 1.13 bits per heavy atom. The Kier molecular flexibility index (Phi) is 2.60. The monoisotopic (exact) mass is 221 g/mol. The van der Waals surface area contributed by atoms with Gasteiger partial charge in [-0.3, -0.25) is 0 Å². The molecule has 0 amide bonds. The van der Waals surface area contributed by atoms with Gasteiger partial charge in [0.2, 0.25) is 0 Å². The summed E-state index contributed by atoms with van der Waals surface area (Å²) in [7, 11) is -2.55. The molecule has 2 rings (SSSR count). The molecule has 0 saturated heterocycles. The zero-order chi connectivity index (χ0) is 10.8. The maximum Gasteiger partial charge on any atom is 0.170 e. The summed E-state index contributed by atoms with van der Waals surface area (Å²) in [6.45, 7) is 1.87. The lowest BCUT2D eigenvalue weighted by molar-refractivity contribution is 0.615. The van der Waals surface area contributed by atoms with Crippen LogP contribution in [0.1, 0.15) is 5.69 Å². The molecule has 0 radical (unpaired) electrons. The molecule has 0 aliphatic rings. The molecular formula is C11H11NO2S. The van der Waals surface area contributed by atoms with Gasteiger partial charge >= 0.3 is 0 Å². The van der Waals surface area contributed by atoms with E-state index in [0.717, 1.165) is 16.8 Å². The van der Waals surface area contributed by atoms with Gasteiger partial charge in [0.25, 0.3) is 0 Å². The molecular weight excluding hydrogens is 210 g/mol. The fraction of sp³-hybridized carbons (Fsp3) is 0.0909. The molecule has 1 heterocycles. The Bertz CT molecular complexity index is 533. The highest BCUT2D eigenvalue weighted by atomic mass is 32.2. The molecule has 1 aromatic heterocycles. The molecule has 0 bridgehead atoms. The molecule has 0 unspecified atom stereocenters. The van der Waals surface area contributed by atoms with E-state index >= 15 is 0 Å². The van der Waals surface area contributed by atoms with Crippen LogP contribution in [0.5, 0.6) is 0 Å². The number of aromatic amines is 1. The van der Waals surface area contributed by atoms with Gasteiger partial charge < -0.3 is 4.98 Å². The van der Waals surface area contributed by atoms with Gasteiger partial charge in [0, 0.05) is 17.5 Å². The molecule has 2 aromatic rings. The van der Waals surface area contributed by atoms with Crippen molar-refractivity contribution in [1.29, 1.82) is 0 Å². The lowest BCUT2D eigenvalue weighted by atomic mass is 10.1. The third-order valence-electron chi connectivity index (χ3n) is 2.32. The van der Waals surface area contributed by atoms with Crippen molar-refractivity contribution in [2.75, 3.05) is 0 Å². The van der Waals surface area contributed by atoms with Crippen molar-refractivity contribution in [1.82, 2.24) is 4.98 Å². The quantitative estimate of drug-likeness (QED) is 0.762. The summed E-state index contributed by atoms with van der Waals surface area (Å²) in [6.07, 6.45) is 1.53. The number of H-pyrrole nitrogens is 1. The van der Waals surface area contributed by atoms with Gasteiger partial charge in [0.1, 0.15) is 0 Å². The molecule has 4 heteroatoms. The molecule has 0 atom stereocenters.